The molecule has 0 aliphatic carbocycles. The summed E-state index contributed by atoms with van der Waals surface area (Å²) < 4.78 is 8.35. The molecule has 1 heterocycles. The van der Waals surface area contributed by atoms with Crippen LogP contribution in [0, 0.1) is 23.0 Å². The summed E-state index contributed by atoms with van der Waals surface area (Å²) >= 11 is 1.57. The quantitative estimate of drug-likeness (QED) is 0.480. The average Bonchev–Trinajstić information content (AvgIpc) is 2.89. The summed E-state index contributed by atoms with van der Waals surface area (Å²) in [6.45, 7) is 15.2. The zero-order valence-corrected chi connectivity index (χ0v) is 18.0. The van der Waals surface area contributed by atoms with Crippen molar-refractivity contribution in [3.05, 3.63) is 49.8 Å². The van der Waals surface area contributed by atoms with Crippen LogP contribution in [0.25, 0.3) is 0 Å². The first-order valence-electron chi connectivity index (χ1n) is 9.13. The number of ether oxygens (including phenoxy) is 1. The van der Waals surface area contributed by atoms with Gasteiger partial charge in [-0.15, -0.1) is 11.3 Å². The van der Waals surface area contributed by atoms with Crippen LogP contribution in [0.2, 0.25) is 0 Å². The lowest BCUT2D eigenvalue weighted by Crippen LogP contribution is -2.26. The first-order valence-corrected chi connectivity index (χ1v) is 10.0. The van der Waals surface area contributed by atoms with E-state index in [9.17, 15) is 10.1 Å². The predicted molar refractivity (Wildman–Crippen MR) is 109 cm³/mol. The van der Waals surface area contributed by atoms with Crippen LogP contribution in [0.15, 0.2) is 28.6 Å². The molecule has 148 valence electrons. The van der Waals surface area contributed by atoms with Crippen molar-refractivity contribution in [3.63, 3.8) is 0 Å². The molecule has 0 radical (unpaired) electrons. The highest BCUT2D eigenvalue weighted by atomic mass is 32.1. The molecule has 0 saturated carbocycles. The summed E-state index contributed by atoms with van der Waals surface area (Å²) in [5.74, 6) is 0.456. The number of nitro groups is 1. The Hall–Kier alpha value is -1.99. The van der Waals surface area contributed by atoms with Gasteiger partial charge in [0.05, 0.1) is 28.0 Å². The molecule has 0 amide bonds. The molecular formula is C20H29N3O3S. The molecule has 1 atom stereocenters. The minimum atomic E-state index is -0.384. The van der Waals surface area contributed by atoms with Crippen molar-refractivity contribution in [2.75, 3.05) is 0 Å². The van der Waals surface area contributed by atoms with Crippen LogP contribution in [0.5, 0.6) is 0 Å². The third-order valence-corrected chi connectivity index (χ3v) is 4.81. The van der Waals surface area contributed by atoms with Gasteiger partial charge in [-0.3, -0.25) is 10.1 Å². The minimum absolute atomic E-state index is 0.0538. The Morgan fingerprint density at radius 3 is 2.48 bits per heavy atom. The lowest BCUT2D eigenvalue weighted by atomic mass is 10.1. The maximum atomic E-state index is 10.9. The maximum Gasteiger partial charge on any atom is 0.269 e. The maximum absolute atomic E-state index is 10.9. The topological polar surface area (TPSA) is 69.7 Å². The summed E-state index contributed by atoms with van der Waals surface area (Å²) in [4.78, 5) is 16.2. The molecule has 1 aromatic heterocycles. The Morgan fingerprint density at radius 2 is 1.96 bits per heavy atom. The number of hydrogen-bond donors (Lipinski definition) is 0. The second-order valence-electron chi connectivity index (χ2n) is 8.16. The number of thiazole rings is 1. The predicted octanol–water partition coefficient (Wildman–Crippen LogP) is 5.53. The molecule has 0 unspecified atom stereocenters. The lowest BCUT2D eigenvalue weighted by molar-refractivity contribution is -0.384. The van der Waals surface area contributed by atoms with Crippen molar-refractivity contribution in [2.45, 2.75) is 66.7 Å². The zero-order chi connectivity index (χ0) is 20.4. The average molecular weight is 392 g/mol. The van der Waals surface area contributed by atoms with Crippen LogP contribution in [-0.2, 0) is 11.3 Å². The van der Waals surface area contributed by atoms with Crippen LogP contribution < -0.4 is 4.80 Å². The molecule has 0 spiro atoms. The van der Waals surface area contributed by atoms with Crippen LogP contribution in [0.3, 0.4) is 0 Å². The Balaban J connectivity index is 2.50. The SMILES string of the molecule is Cc1cc([N+](=O)[O-])ccc1N=c1scc([C@@H](C)OC(C)(C)C)n1CC(C)C. The number of nitro benzene ring substituents is 1. The van der Waals surface area contributed by atoms with E-state index >= 15 is 0 Å². The molecule has 0 fully saturated rings. The molecule has 0 aliphatic rings. The molecule has 6 nitrogen and oxygen atoms in total. The Kier molecular flexibility index (Phi) is 6.59. The van der Waals surface area contributed by atoms with Gasteiger partial charge < -0.3 is 9.30 Å². The van der Waals surface area contributed by atoms with Crippen molar-refractivity contribution >= 4 is 22.7 Å². The van der Waals surface area contributed by atoms with Crippen LogP contribution >= 0.6 is 11.3 Å². The number of nitrogens with zero attached hydrogens (tertiary/aromatic N) is 3. The van der Waals surface area contributed by atoms with E-state index in [1.807, 2.05) is 27.7 Å². The smallest absolute Gasteiger partial charge is 0.269 e. The summed E-state index contributed by atoms with van der Waals surface area (Å²) in [7, 11) is 0. The van der Waals surface area contributed by atoms with E-state index < -0.39 is 0 Å². The molecule has 0 N–H and O–H groups in total. The van der Waals surface area contributed by atoms with Gasteiger partial charge >= 0.3 is 0 Å². The highest BCUT2D eigenvalue weighted by molar-refractivity contribution is 7.07. The van der Waals surface area contributed by atoms with Crippen molar-refractivity contribution in [2.24, 2.45) is 10.9 Å². The van der Waals surface area contributed by atoms with E-state index in [-0.39, 0.29) is 22.3 Å². The highest BCUT2D eigenvalue weighted by Gasteiger charge is 2.20. The fraction of sp³-hybridized carbons (Fsp3) is 0.550. The number of rotatable bonds is 6. The minimum Gasteiger partial charge on any atom is -0.367 e. The summed E-state index contributed by atoms with van der Waals surface area (Å²) in [6.07, 6.45) is -0.0538. The van der Waals surface area contributed by atoms with E-state index in [0.717, 1.165) is 28.3 Å². The molecule has 7 heteroatoms. The second-order valence-corrected chi connectivity index (χ2v) is 9.00. The first-order chi connectivity index (χ1) is 12.5. The standard InChI is InChI=1S/C20H29N3O3S/c1-13(2)11-22-18(15(4)26-20(5,6)7)12-27-19(22)21-17-9-8-16(23(24)25)10-14(17)3/h8-10,12-13,15H,11H2,1-7H3/t15-/m1/s1. The lowest BCUT2D eigenvalue weighted by Gasteiger charge is -2.26. The van der Waals surface area contributed by atoms with Gasteiger partial charge in [-0.1, -0.05) is 13.8 Å². The molecule has 0 saturated heterocycles. The fourth-order valence-electron chi connectivity index (χ4n) is 2.87. The van der Waals surface area contributed by atoms with Gasteiger partial charge in [0.1, 0.15) is 0 Å². The number of aromatic nitrogens is 1. The summed E-state index contributed by atoms with van der Waals surface area (Å²) in [5.41, 5.74) is 2.48. The molecule has 2 aromatic rings. The van der Waals surface area contributed by atoms with Gasteiger partial charge in [0.2, 0.25) is 0 Å². The normalized spacial score (nSPS) is 14.0. The highest BCUT2D eigenvalue weighted by Crippen LogP contribution is 2.26. The van der Waals surface area contributed by atoms with Gasteiger partial charge in [0.25, 0.3) is 5.69 Å². The Bertz CT molecular complexity index is 875. The number of benzene rings is 1. The van der Waals surface area contributed by atoms with Crippen molar-refractivity contribution < 1.29 is 9.66 Å². The van der Waals surface area contributed by atoms with Gasteiger partial charge in [0, 0.05) is 24.1 Å². The van der Waals surface area contributed by atoms with Crippen LogP contribution in [0.1, 0.15) is 58.9 Å². The van der Waals surface area contributed by atoms with Gasteiger partial charge in [0.15, 0.2) is 4.80 Å². The second kappa shape index (κ2) is 8.35. The largest absolute Gasteiger partial charge is 0.367 e. The van der Waals surface area contributed by atoms with E-state index in [0.29, 0.717) is 5.92 Å². The third-order valence-electron chi connectivity index (χ3n) is 3.93. The van der Waals surface area contributed by atoms with E-state index in [2.05, 4.69) is 30.7 Å². The third kappa shape index (κ3) is 5.74. The zero-order valence-electron chi connectivity index (χ0n) is 17.1. The summed E-state index contributed by atoms with van der Waals surface area (Å²) in [6, 6.07) is 4.77. The van der Waals surface area contributed by atoms with Crippen LogP contribution in [-0.4, -0.2) is 15.1 Å². The number of hydrogen-bond acceptors (Lipinski definition) is 5. The molecule has 0 bridgehead atoms. The Labute approximate surface area is 164 Å². The molecule has 2 rings (SSSR count). The van der Waals surface area contributed by atoms with Gasteiger partial charge in [-0.2, -0.15) is 0 Å². The Morgan fingerprint density at radius 1 is 1.30 bits per heavy atom. The van der Waals surface area contributed by atoms with E-state index in [4.69, 9.17) is 9.73 Å². The first kappa shape index (κ1) is 21.3. The van der Waals surface area contributed by atoms with Crippen molar-refractivity contribution in [1.82, 2.24) is 4.57 Å². The molecule has 0 aliphatic heterocycles. The molecule has 27 heavy (non-hydrogen) atoms. The van der Waals surface area contributed by atoms with Crippen molar-refractivity contribution in [1.29, 1.82) is 0 Å². The van der Waals surface area contributed by atoms with E-state index in [1.165, 1.54) is 6.07 Å². The molecule has 1 aromatic carbocycles. The molecular weight excluding hydrogens is 362 g/mol. The van der Waals surface area contributed by atoms with Gasteiger partial charge in [-0.25, -0.2) is 4.99 Å². The number of non-ortho nitro benzene ring substituents is 1. The van der Waals surface area contributed by atoms with Crippen LogP contribution in [0.4, 0.5) is 11.4 Å². The fourth-order valence-corrected chi connectivity index (χ4v) is 3.88. The number of aryl methyl sites for hydroxylation is 1. The van der Waals surface area contributed by atoms with Gasteiger partial charge in [-0.05, 0) is 52.2 Å². The monoisotopic (exact) mass is 391 g/mol. The van der Waals surface area contributed by atoms with E-state index in [1.54, 1.807) is 23.5 Å². The summed E-state index contributed by atoms with van der Waals surface area (Å²) in [5, 5.41) is 13.0. The van der Waals surface area contributed by atoms with Crippen molar-refractivity contribution in [3.8, 4) is 0 Å².